The molecule has 7 nitrogen and oxygen atoms in total. The maximum atomic E-state index is 11.9. The molecule has 0 saturated carbocycles. The monoisotopic (exact) mass is 396 g/mol. The van der Waals surface area contributed by atoms with E-state index in [2.05, 4.69) is 4.74 Å². The molecule has 0 aromatic heterocycles. The lowest BCUT2D eigenvalue weighted by Crippen LogP contribution is -2.44. The zero-order valence-corrected chi connectivity index (χ0v) is 14.6. The quantitative estimate of drug-likeness (QED) is 0.719. The van der Waals surface area contributed by atoms with Crippen LogP contribution in [0, 0.1) is 13.8 Å². The molecular formula is C15H16ClF3N2O5. The third-order valence-corrected chi connectivity index (χ3v) is 3.04. The number of esters is 1. The normalized spacial score (nSPS) is 10.8. The van der Waals surface area contributed by atoms with Gasteiger partial charge in [0.15, 0.2) is 13.2 Å². The van der Waals surface area contributed by atoms with Crippen LogP contribution in [0.5, 0.6) is 5.75 Å². The van der Waals surface area contributed by atoms with Crippen LogP contribution in [0.15, 0.2) is 12.1 Å². The number of hydrogen-bond donors (Lipinski definition) is 2. The number of ether oxygens (including phenoxy) is 2. The van der Waals surface area contributed by atoms with Crippen LogP contribution in [0.3, 0.4) is 0 Å². The van der Waals surface area contributed by atoms with Crippen molar-refractivity contribution in [2.45, 2.75) is 20.0 Å². The Kier molecular flexibility index (Phi) is 7.69. The van der Waals surface area contributed by atoms with Crippen molar-refractivity contribution in [3.05, 3.63) is 28.3 Å². The van der Waals surface area contributed by atoms with Crippen molar-refractivity contribution >= 4 is 29.5 Å². The van der Waals surface area contributed by atoms with Crippen molar-refractivity contribution in [3.8, 4) is 5.75 Å². The largest absolute Gasteiger partial charge is 0.481 e. The summed E-state index contributed by atoms with van der Waals surface area (Å²) >= 11 is 5.87. The summed E-state index contributed by atoms with van der Waals surface area (Å²) in [6.45, 7) is 0.510. The van der Waals surface area contributed by atoms with Crippen LogP contribution in [0.25, 0.3) is 0 Å². The number of alkyl halides is 3. The number of carbonyl (C=O) groups is 3. The lowest BCUT2D eigenvalue weighted by Gasteiger charge is -2.12. The van der Waals surface area contributed by atoms with Crippen LogP contribution in [-0.4, -0.2) is 43.8 Å². The SMILES string of the molecule is Cc1cc(Cl)cc(C)c1OCC(=O)OCC(=O)NC(=O)NCC(F)(F)F. The smallest absolute Gasteiger partial charge is 0.405 e. The number of nitrogens with one attached hydrogen (secondary N) is 2. The Bertz CT molecular complexity index is 671. The minimum Gasteiger partial charge on any atom is -0.481 e. The Labute approximate surface area is 151 Å². The highest BCUT2D eigenvalue weighted by Crippen LogP contribution is 2.26. The highest BCUT2D eigenvalue weighted by atomic mass is 35.5. The molecule has 144 valence electrons. The van der Waals surface area contributed by atoms with Gasteiger partial charge in [-0.15, -0.1) is 0 Å². The molecular weight excluding hydrogens is 381 g/mol. The molecule has 0 saturated heterocycles. The van der Waals surface area contributed by atoms with Crippen LogP contribution in [0.2, 0.25) is 5.02 Å². The number of carbonyl (C=O) groups excluding carboxylic acids is 3. The summed E-state index contributed by atoms with van der Waals surface area (Å²) in [7, 11) is 0. The van der Waals surface area contributed by atoms with Gasteiger partial charge in [0.05, 0.1) is 0 Å². The molecule has 11 heteroatoms. The first-order valence-electron chi connectivity index (χ1n) is 7.17. The number of aryl methyl sites for hydroxylation is 2. The van der Waals surface area contributed by atoms with Gasteiger partial charge >= 0.3 is 18.2 Å². The lowest BCUT2D eigenvalue weighted by atomic mass is 10.1. The van der Waals surface area contributed by atoms with E-state index in [9.17, 15) is 27.6 Å². The summed E-state index contributed by atoms with van der Waals surface area (Å²) in [6, 6.07) is 1.93. The van der Waals surface area contributed by atoms with Gasteiger partial charge in [-0.2, -0.15) is 13.2 Å². The summed E-state index contributed by atoms with van der Waals surface area (Å²) in [4.78, 5) is 33.9. The minimum absolute atomic E-state index is 0.433. The molecule has 3 amide bonds. The van der Waals surface area contributed by atoms with Crippen LogP contribution in [-0.2, 0) is 14.3 Å². The van der Waals surface area contributed by atoms with E-state index in [1.807, 2.05) is 0 Å². The van der Waals surface area contributed by atoms with Gasteiger partial charge in [0.2, 0.25) is 0 Å². The highest BCUT2D eigenvalue weighted by Gasteiger charge is 2.28. The van der Waals surface area contributed by atoms with Gasteiger partial charge in [0.25, 0.3) is 5.91 Å². The Hall–Kier alpha value is -2.49. The maximum Gasteiger partial charge on any atom is 0.405 e. The fourth-order valence-electron chi connectivity index (χ4n) is 1.83. The molecule has 0 fully saturated rings. The molecule has 0 unspecified atom stereocenters. The van der Waals surface area contributed by atoms with E-state index in [-0.39, 0.29) is 0 Å². The lowest BCUT2D eigenvalue weighted by molar-refractivity contribution is -0.150. The second-order valence-corrected chi connectivity index (χ2v) is 5.60. The van der Waals surface area contributed by atoms with E-state index in [0.29, 0.717) is 21.9 Å². The third kappa shape index (κ3) is 8.06. The fraction of sp³-hybridized carbons (Fsp3) is 0.400. The van der Waals surface area contributed by atoms with E-state index >= 15 is 0 Å². The number of imide groups is 1. The number of halogens is 4. The van der Waals surface area contributed by atoms with Crippen LogP contribution in [0.4, 0.5) is 18.0 Å². The van der Waals surface area contributed by atoms with Crippen LogP contribution < -0.4 is 15.4 Å². The van der Waals surface area contributed by atoms with Gasteiger partial charge < -0.3 is 14.8 Å². The molecule has 0 radical (unpaired) electrons. The first-order chi connectivity index (χ1) is 12.0. The molecule has 1 rings (SSSR count). The highest BCUT2D eigenvalue weighted by molar-refractivity contribution is 6.30. The molecule has 2 N–H and O–H groups in total. The second kappa shape index (κ2) is 9.27. The number of rotatable bonds is 6. The van der Waals surface area contributed by atoms with Gasteiger partial charge in [-0.3, -0.25) is 10.1 Å². The summed E-state index contributed by atoms with van der Waals surface area (Å²) in [5.74, 6) is -1.55. The Morgan fingerprint density at radius 2 is 1.69 bits per heavy atom. The van der Waals surface area contributed by atoms with E-state index in [0.717, 1.165) is 0 Å². The summed E-state index contributed by atoms with van der Waals surface area (Å²) in [5, 5.41) is 3.53. The summed E-state index contributed by atoms with van der Waals surface area (Å²) in [6.07, 6.45) is -4.61. The maximum absolute atomic E-state index is 11.9. The van der Waals surface area contributed by atoms with Crippen molar-refractivity contribution in [2.75, 3.05) is 19.8 Å². The molecule has 26 heavy (non-hydrogen) atoms. The number of amides is 3. The topological polar surface area (TPSA) is 93.7 Å². The van der Waals surface area contributed by atoms with Gasteiger partial charge in [0.1, 0.15) is 12.3 Å². The molecule has 0 spiro atoms. The van der Waals surface area contributed by atoms with Gasteiger partial charge in [-0.25, -0.2) is 9.59 Å². The Morgan fingerprint density at radius 3 is 2.23 bits per heavy atom. The van der Waals surface area contributed by atoms with Crippen LogP contribution >= 0.6 is 11.6 Å². The first kappa shape index (κ1) is 21.6. The van der Waals surface area contributed by atoms with Crippen molar-refractivity contribution in [1.29, 1.82) is 0 Å². The molecule has 0 heterocycles. The van der Waals surface area contributed by atoms with E-state index in [4.69, 9.17) is 16.3 Å². The van der Waals surface area contributed by atoms with E-state index in [1.54, 1.807) is 31.3 Å². The third-order valence-electron chi connectivity index (χ3n) is 2.83. The first-order valence-corrected chi connectivity index (χ1v) is 7.55. The van der Waals surface area contributed by atoms with Crippen LogP contribution in [0.1, 0.15) is 11.1 Å². The molecule has 0 aliphatic heterocycles. The molecule has 1 aromatic rings. The Morgan fingerprint density at radius 1 is 1.12 bits per heavy atom. The molecule has 1 aromatic carbocycles. The minimum atomic E-state index is -4.61. The fourth-order valence-corrected chi connectivity index (χ4v) is 2.16. The number of benzene rings is 1. The molecule has 0 aliphatic carbocycles. The van der Waals surface area contributed by atoms with E-state index in [1.165, 1.54) is 5.32 Å². The van der Waals surface area contributed by atoms with Crippen molar-refractivity contribution < 1.29 is 37.0 Å². The standard InChI is InChI=1S/C15H16ClF3N2O5/c1-8-3-10(16)4-9(2)13(8)26-6-12(23)25-5-11(22)21-14(24)20-7-15(17,18)19/h3-4H,5-7H2,1-2H3,(H2,20,21,22,24). The van der Waals surface area contributed by atoms with Gasteiger partial charge in [-0.1, -0.05) is 11.6 Å². The number of urea groups is 1. The zero-order valence-electron chi connectivity index (χ0n) is 13.8. The van der Waals surface area contributed by atoms with Gasteiger partial charge in [0, 0.05) is 5.02 Å². The molecule has 0 bridgehead atoms. The number of hydrogen-bond acceptors (Lipinski definition) is 5. The van der Waals surface area contributed by atoms with Crippen molar-refractivity contribution in [2.24, 2.45) is 0 Å². The summed E-state index contributed by atoms with van der Waals surface area (Å²) < 4.78 is 45.6. The second-order valence-electron chi connectivity index (χ2n) is 5.16. The predicted molar refractivity (Wildman–Crippen MR) is 85.0 cm³/mol. The average Bonchev–Trinajstić information content (AvgIpc) is 2.49. The summed E-state index contributed by atoms with van der Waals surface area (Å²) in [5.41, 5.74) is 1.39. The molecule has 0 aliphatic rings. The van der Waals surface area contributed by atoms with Crippen molar-refractivity contribution in [3.63, 3.8) is 0 Å². The van der Waals surface area contributed by atoms with Gasteiger partial charge in [-0.05, 0) is 37.1 Å². The van der Waals surface area contributed by atoms with E-state index < -0.39 is 43.8 Å². The van der Waals surface area contributed by atoms with Crippen molar-refractivity contribution in [1.82, 2.24) is 10.6 Å². The predicted octanol–water partition coefficient (Wildman–Crippen LogP) is 2.27. The molecule has 0 atom stereocenters. The Balaban J connectivity index is 2.36. The average molecular weight is 397 g/mol. The zero-order chi connectivity index (χ0) is 19.9.